The molecule has 25 heavy (non-hydrogen) atoms. The van der Waals surface area contributed by atoms with Crippen LogP contribution in [0.2, 0.25) is 0 Å². The van der Waals surface area contributed by atoms with Crippen molar-refractivity contribution >= 4 is 23.3 Å². The van der Waals surface area contributed by atoms with E-state index in [1.165, 1.54) is 0 Å². The highest BCUT2D eigenvalue weighted by molar-refractivity contribution is 6.07. The smallest absolute Gasteiger partial charge is 0.321 e. The molecule has 4 rings (SSSR count). The Bertz CT molecular complexity index is 851. The number of nitrogens with zero attached hydrogens (tertiary/aromatic N) is 1. The molecule has 1 saturated heterocycles. The van der Waals surface area contributed by atoms with Crippen molar-refractivity contribution < 1.29 is 14.3 Å². The predicted molar refractivity (Wildman–Crippen MR) is 95.0 cm³/mol. The topological polar surface area (TPSA) is 70.7 Å². The number of likely N-dealkylation sites (tertiary alicyclic amines) is 1. The van der Waals surface area contributed by atoms with Crippen LogP contribution in [0.5, 0.6) is 5.75 Å². The van der Waals surface area contributed by atoms with Crippen LogP contribution in [0.1, 0.15) is 12.0 Å². The van der Waals surface area contributed by atoms with E-state index < -0.39 is 5.41 Å². The van der Waals surface area contributed by atoms with Crippen LogP contribution in [0, 0.1) is 0 Å². The van der Waals surface area contributed by atoms with Gasteiger partial charge in [-0.1, -0.05) is 30.3 Å². The van der Waals surface area contributed by atoms with Crippen LogP contribution in [-0.2, 0) is 10.2 Å². The largest absolute Gasteiger partial charge is 0.495 e. The number of amides is 3. The van der Waals surface area contributed by atoms with E-state index in [2.05, 4.69) is 10.6 Å². The Morgan fingerprint density at radius 3 is 2.80 bits per heavy atom. The fourth-order valence-corrected chi connectivity index (χ4v) is 3.70. The summed E-state index contributed by atoms with van der Waals surface area (Å²) in [6, 6.07) is 14.7. The number of rotatable bonds is 2. The molecule has 2 aromatic rings. The Hall–Kier alpha value is -3.02. The molecule has 2 aliphatic rings. The lowest BCUT2D eigenvalue weighted by atomic mass is 9.81. The number of hydrogen-bond acceptors (Lipinski definition) is 3. The van der Waals surface area contributed by atoms with Crippen LogP contribution in [0.3, 0.4) is 0 Å². The number of anilines is 2. The van der Waals surface area contributed by atoms with Crippen LogP contribution in [0.15, 0.2) is 48.5 Å². The molecule has 1 unspecified atom stereocenters. The van der Waals surface area contributed by atoms with Gasteiger partial charge in [0.05, 0.1) is 18.2 Å². The highest BCUT2D eigenvalue weighted by atomic mass is 16.5. The molecule has 1 fully saturated rings. The van der Waals surface area contributed by atoms with Crippen LogP contribution < -0.4 is 15.4 Å². The van der Waals surface area contributed by atoms with Gasteiger partial charge in [-0.25, -0.2) is 4.79 Å². The third-order valence-electron chi connectivity index (χ3n) is 5.03. The van der Waals surface area contributed by atoms with Gasteiger partial charge < -0.3 is 20.3 Å². The summed E-state index contributed by atoms with van der Waals surface area (Å²) in [6.45, 7) is 0.902. The zero-order chi connectivity index (χ0) is 17.4. The predicted octanol–water partition coefficient (Wildman–Crippen LogP) is 2.82. The molecule has 2 N–H and O–H groups in total. The number of urea groups is 1. The van der Waals surface area contributed by atoms with Crippen molar-refractivity contribution in [2.75, 3.05) is 30.8 Å². The summed E-state index contributed by atoms with van der Waals surface area (Å²) in [4.78, 5) is 27.0. The van der Waals surface area contributed by atoms with Gasteiger partial charge in [0, 0.05) is 18.8 Å². The van der Waals surface area contributed by atoms with E-state index in [-0.39, 0.29) is 11.9 Å². The third kappa shape index (κ3) is 2.41. The Morgan fingerprint density at radius 1 is 1.20 bits per heavy atom. The molecule has 2 aromatic carbocycles. The Balaban J connectivity index is 1.55. The number of carbonyl (C=O) groups is 2. The van der Waals surface area contributed by atoms with Crippen molar-refractivity contribution in [3.63, 3.8) is 0 Å². The number of hydrogen-bond donors (Lipinski definition) is 2. The molecule has 0 bridgehead atoms. The molecular formula is C19H19N3O3. The maximum absolute atomic E-state index is 12.7. The van der Waals surface area contributed by atoms with Crippen molar-refractivity contribution in [2.45, 2.75) is 11.8 Å². The first-order chi connectivity index (χ1) is 12.1. The van der Waals surface area contributed by atoms with Crippen molar-refractivity contribution in [3.8, 4) is 5.75 Å². The van der Waals surface area contributed by atoms with Gasteiger partial charge >= 0.3 is 6.03 Å². The quantitative estimate of drug-likeness (QED) is 0.885. The first-order valence-corrected chi connectivity index (χ1v) is 8.24. The molecule has 0 aliphatic carbocycles. The average molecular weight is 337 g/mol. The molecule has 1 spiro atoms. The van der Waals surface area contributed by atoms with E-state index in [0.29, 0.717) is 30.9 Å². The second-order valence-corrected chi connectivity index (χ2v) is 6.38. The van der Waals surface area contributed by atoms with Crippen LogP contribution in [0.4, 0.5) is 16.2 Å². The standard InChI is InChI=1S/C19H19N3O3/c1-25-16-9-5-4-8-15(16)21-18(24)22-11-10-19(12-22)13-6-2-3-7-14(13)20-17(19)23/h2-9H,10-12H2,1H3,(H,20,23)(H,21,24). The third-order valence-corrected chi connectivity index (χ3v) is 5.03. The van der Waals surface area contributed by atoms with Gasteiger partial charge in [-0.2, -0.15) is 0 Å². The lowest BCUT2D eigenvalue weighted by Crippen LogP contribution is -2.40. The van der Waals surface area contributed by atoms with Crippen molar-refractivity contribution in [3.05, 3.63) is 54.1 Å². The maximum atomic E-state index is 12.7. The molecule has 128 valence electrons. The molecule has 2 heterocycles. The zero-order valence-corrected chi connectivity index (χ0v) is 13.9. The Morgan fingerprint density at radius 2 is 1.96 bits per heavy atom. The zero-order valence-electron chi connectivity index (χ0n) is 13.9. The molecule has 0 saturated carbocycles. The lowest BCUT2D eigenvalue weighted by molar-refractivity contribution is -0.120. The minimum Gasteiger partial charge on any atom is -0.495 e. The number of methoxy groups -OCH3 is 1. The normalized spacial score (nSPS) is 21.2. The van der Waals surface area contributed by atoms with E-state index in [1.54, 1.807) is 24.1 Å². The summed E-state index contributed by atoms with van der Waals surface area (Å²) in [7, 11) is 1.57. The molecular weight excluding hydrogens is 318 g/mol. The molecule has 6 nitrogen and oxygen atoms in total. The fraction of sp³-hybridized carbons (Fsp3) is 0.263. The number of ether oxygens (including phenoxy) is 1. The summed E-state index contributed by atoms with van der Waals surface area (Å²) >= 11 is 0. The highest BCUT2D eigenvalue weighted by Gasteiger charge is 2.51. The molecule has 0 radical (unpaired) electrons. The van der Waals surface area contributed by atoms with Gasteiger partial charge in [0.15, 0.2) is 0 Å². The summed E-state index contributed by atoms with van der Waals surface area (Å²) in [5.74, 6) is 0.579. The second kappa shape index (κ2) is 5.81. The van der Waals surface area contributed by atoms with Crippen LogP contribution in [-0.4, -0.2) is 37.0 Å². The maximum Gasteiger partial charge on any atom is 0.321 e. The van der Waals surface area contributed by atoms with Gasteiger partial charge in [0.1, 0.15) is 5.75 Å². The monoisotopic (exact) mass is 337 g/mol. The van der Waals surface area contributed by atoms with E-state index >= 15 is 0 Å². The first kappa shape index (κ1) is 15.5. The fourth-order valence-electron chi connectivity index (χ4n) is 3.70. The number of para-hydroxylation sites is 3. The number of carbonyl (C=O) groups excluding carboxylic acids is 2. The number of nitrogens with one attached hydrogen (secondary N) is 2. The summed E-state index contributed by atoms with van der Waals surface area (Å²) in [5, 5.41) is 5.82. The SMILES string of the molecule is COc1ccccc1NC(=O)N1CCC2(C1)C(=O)Nc1ccccc12. The highest BCUT2D eigenvalue weighted by Crippen LogP contribution is 2.44. The van der Waals surface area contributed by atoms with Crippen molar-refractivity contribution in [1.82, 2.24) is 4.90 Å². The van der Waals surface area contributed by atoms with Crippen LogP contribution >= 0.6 is 0 Å². The van der Waals surface area contributed by atoms with E-state index in [4.69, 9.17) is 4.74 Å². The van der Waals surface area contributed by atoms with E-state index in [9.17, 15) is 9.59 Å². The van der Waals surface area contributed by atoms with Gasteiger partial charge in [0.25, 0.3) is 0 Å². The van der Waals surface area contributed by atoms with E-state index in [0.717, 1.165) is 11.3 Å². The van der Waals surface area contributed by atoms with Crippen LogP contribution in [0.25, 0.3) is 0 Å². The summed E-state index contributed by atoms with van der Waals surface area (Å²) in [5.41, 5.74) is 1.80. The number of benzene rings is 2. The molecule has 1 atom stereocenters. The minimum atomic E-state index is -0.644. The Labute approximate surface area is 145 Å². The first-order valence-electron chi connectivity index (χ1n) is 8.24. The summed E-state index contributed by atoms with van der Waals surface area (Å²) < 4.78 is 5.27. The minimum absolute atomic E-state index is 0.0266. The molecule has 0 aromatic heterocycles. The molecule has 6 heteroatoms. The summed E-state index contributed by atoms with van der Waals surface area (Å²) in [6.07, 6.45) is 0.620. The number of fused-ring (bicyclic) bond motifs is 2. The molecule has 2 aliphatic heterocycles. The van der Waals surface area contributed by atoms with E-state index in [1.807, 2.05) is 36.4 Å². The van der Waals surface area contributed by atoms with Gasteiger partial charge in [-0.3, -0.25) is 4.79 Å². The Kier molecular flexibility index (Phi) is 3.60. The lowest BCUT2D eigenvalue weighted by Gasteiger charge is -2.23. The van der Waals surface area contributed by atoms with Gasteiger partial charge in [-0.15, -0.1) is 0 Å². The van der Waals surface area contributed by atoms with Crippen molar-refractivity contribution in [2.24, 2.45) is 0 Å². The second-order valence-electron chi connectivity index (χ2n) is 6.38. The van der Waals surface area contributed by atoms with Gasteiger partial charge in [0.2, 0.25) is 5.91 Å². The van der Waals surface area contributed by atoms with Gasteiger partial charge in [-0.05, 0) is 30.2 Å². The van der Waals surface area contributed by atoms with Crippen molar-refractivity contribution in [1.29, 1.82) is 0 Å². The average Bonchev–Trinajstić information content (AvgIpc) is 3.19. The molecule has 3 amide bonds.